The monoisotopic (exact) mass is 397 g/mol. The molecule has 2 atom stereocenters. The van der Waals surface area contributed by atoms with Crippen molar-refractivity contribution in [3.05, 3.63) is 53.3 Å². The van der Waals surface area contributed by atoms with Crippen LogP contribution in [0.15, 0.2) is 35.2 Å². The summed E-state index contributed by atoms with van der Waals surface area (Å²) in [7, 11) is -3.75. The second kappa shape index (κ2) is 6.24. The summed E-state index contributed by atoms with van der Waals surface area (Å²) in [6.45, 7) is 0.747. The maximum Gasteiger partial charge on any atom is 0.255 e. The number of anilines is 2. The van der Waals surface area contributed by atoms with Gasteiger partial charge in [0, 0.05) is 42.5 Å². The highest BCUT2D eigenvalue weighted by molar-refractivity contribution is 7.89. The van der Waals surface area contributed by atoms with Crippen molar-refractivity contribution in [1.29, 1.82) is 0 Å². The molecule has 6 nitrogen and oxygen atoms in total. The Hall–Kier alpha value is -2.59. The number of benzene rings is 2. The maximum atomic E-state index is 13.3. The van der Waals surface area contributed by atoms with Gasteiger partial charge in [-0.3, -0.25) is 4.79 Å². The predicted molar refractivity (Wildman–Crippen MR) is 91.5 cm³/mol. The lowest BCUT2D eigenvalue weighted by Gasteiger charge is -2.17. The summed E-state index contributed by atoms with van der Waals surface area (Å²) < 4.78 is 66.5. The van der Waals surface area contributed by atoms with Crippen LogP contribution in [0.25, 0.3) is 0 Å². The van der Waals surface area contributed by atoms with Crippen LogP contribution in [0.3, 0.4) is 0 Å². The number of nitrogens with one attached hydrogen (secondary N) is 2. The van der Waals surface area contributed by atoms with E-state index in [1.54, 1.807) is 0 Å². The van der Waals surface area contributed by atoms with Crippen LogP contribution in [0.4, 0.5) is 24.5 Å². The van der Waals surface area contributed by atoms with E-state index in [1.807, 2.05) is 0 Å². The van der Waals surface area contributed by atoms with E-state index >= 15 is 0 Å². The lowest BCUT2D eigenvalue weighted by Crippen LogP contribution is -2.28. The molecule has 0 saturated carbocycles. The molecular weight excluding hydrogens is 383 g/mol. The minimum atomic E-state index is -3.75. The second-order valence-electron chi connectivity index (χ2n) is 6.41. The van der Waals surface area contributed by atoms with E-state index in [-0.39, 0.29) is 22.2 Å². The van der Waals surface area contributed by atoms with Gasteiger partial charge in [-0.05, 0) is 24.6 Å². The standard InChI is InChI=1S/C17H14F3N3O3S/c18-12-6-11(7-13(19)16(12)20)22-17(24)9-1-2-14-15(5-9)27(25,26)23-4-3-10(8-23)21-14/h1-2,5-7,10,21H,3-4,8H2,(H,22,24)/t10-/m0/s1. The molecule has 0 aliphatic carbocycles. The number of fused-ring (bicyclic) bond motifs is 3. The summed E-state index contributed by atoms with van der Waals surface area (Å²) in [5.74, 6) is -5.30. The molecule has 2 aliphatic rings. The van der Waals surface area contributed by atoms with Crippen LogP contribution in [0.1, 0.15) is 16.8 Å². The van der Waals surface area contributed by atoms with E-state index in [9.17, 15) is 26.4 Å². The van der Waals surface area contributed by atoms with Crippen molar-refractivity contribution in [2.24, 2.45) is 0 Å². The summed E-state index contributed by atoms with van der Waals surface area (Å²) in [4.78, 5) is 12.4. The number of halogens is 3. The predicted octanol–water partition coefficient (Wildman–Crippen LogP) is 2.54. The Balaban J connectivity index is 1.67. The number of amides is 1. The Morgan fingerprint density at radius 1 is 1.15 bits per heavy atom. The van der Waals surface area contributed by atoms with Crippen molar-refractivity contribution in [3.8, 4) is 0 Å². The van der Waals surface area contributed by atoms with Crippen molar-refractivity contribution in [1.82, 2.24) is 4.31 Å². The summed E-state index contributed by atoms with van der Waals surface area (Å²) in [6, 6.07) is 5.39. The van der Waals surface area contributed by atoms with Crippen LogP contribution in [0.2, 0.25) is 0 Å². The first-order chi connectivity index (χ1) is 12.8. The number of nitrogens with zero attached hydrogens (tertiary/aromatic N) is 1. The van der Waals surface area contributed by atoms with E-state index in [4.69, 9.17) is 0 Å². The highest BCUT2D eigenvalue weighted by Crippen LogP contribution is 2.33. The molecule has 10 heteroatoms. The van der Waals surface area contributed by atoms with Gasteiger partial charge in [-0.25, -0.2) is 21.6 Å². The fraction of sp³-hybridized carbons (Fsp3) is 0.235. The molecule has 1 unspecified atom stereocenters. The van der Waals surface area contributed by atoms with Gasteiger partial charge in [0.15, 0.2) is 17.5 Å². The molecule has 4 rings (SSSR count). The van der Waals surface area contributed by atoms with Gasteiger partial charge in [-0.1, -0.05) is 0 Å². The Kier molecular flexibility index (Phi) is 4.11. The van der Waals surface area contributed by atoms with Gasteiger partial charge in [0.2, 0.25) is 10.0 Å². The van der Waals surface area contributed by atoms with Crippen LogP contribution >= 0.6 is 0 Å². The Bertz CT molecular complexity index is 1040. The first-order valence-electron chi connectivity index (χ1n) is 8.12. The molecule has 0 radical (unpaired) electrons. The van der Waals surface area contributed by atoms with Crippen molar-refractivity contribution < 1.29 is 26.4 Å². The van der Waals surface area contributed by atoms with Gasteiger partial charge in [0.25, 0.3) is 5.91 Å². The summed E-state index contributed by atoms with van der Waals surface area (Å²) in [6.07, 6.45) is 0.697. The normalized spacial score (nSPS) is 22.5. The molecule has 2 N–H and O–H groups in total. The number of hydrogen-bond donors (Lipinski definition) is 2. The minimum Gasteiger partial charge on any atom is -0.380 e. The van der Waals surface area contributed by atoms with Gasteiger partial charge in [-0.15, -0.1) is 0 Å². The molecule has 2 aromatic rings. The first-order valence-corrected chi connectivity index (χ1v) is 9.56. The lowest BCUT2D eigenvalue weighted by molar-refractivity contribution is 0.102. The molecule has 2 aliphatic heterocycles. The van der Waals surface area contributed by atoms with Crippen LogP contribution < -0.4 is 10.6 Å². The quantitative estimate of drug-likeness (QED) is 0.764. The zero-order valence-corrected chi connectivity index (χ0v) is 14.6. The molecule has 1 fully saturated rings. The molecule has 1 saturated heterocycles. The molecule has 2 aromatic carbocycles. The van der Waals surface area contributed by atoms with E-state index in [0.29, 0.717) is 37.3 Å². The van der Waals surface area contributed by atoms with Gasteiger partial charge in [0.1, 0.15) is 4.90 Å². The first kappa shape index (κ1) is 17.8. The van der Waals surface area contributed by atoms with Crippen LogP contribution in [-0.2, 0) is 10.0 Å². The fourth-order valence-corrected chi connectivity index (χ4v) is 4.93. The van der Waals surface area contributed by atoms with Crippen LogP contribution in [-0.4, -0.2) is 37.8 Å². The van der Waals surface area contributed by atoms with Crippen LogP contribution in [0.5, 0.6) is 0 Å². The molecule has 2 heterocycles. The molecule has 2 bridgehead atoms. The third-order valence-electron chi connectivity index (χ3n) is 4.61. The number of sulfonamides is 1. The number of hydrogen-bond acceptors (Lipinski definition) is 4. The molecular formula is C17H14F3N3O3S. The fourth-order valence-electron chi connectivity index (χ4n) is 3.25. The van der Waals surface area contributed by atoms with Crippen molar-refractivity contribution in [3.63, 3.8) is 0 Å². The third-order valence-corrected chi connectivity index (χ3v) is 6.52. The van der Waals surface area contributed by atoms with Gasteiger partial charge >= 0.3 is 0 Å². The average Bonchev–Trinajstić information content (AvgIpc) is 3.05. The van der Waals surface area contributed by atoms with Crippen LogP contribution in [0, 0.1) is 17.5 Å². The number of rotatable bonds is 2. The SMILES string of the molecule is O=C(Nc1cc(F)c(F)c(F)c1)c1ccc2c(c1)S(=O)(=O)N1CC[C@@H](C1)N2. The minimum absolute atomic E-state index is 0.00543. The van der Waals surface area contributed by atoms with Crippen molar-refractivity contribution in [2.75, 3.05) is 23.7 Å². The van der Waals surface area contributed by atoms with Gasteiger partial charge in [0.05, 0.1) is 5.69 Å². The largest absolute Gasteiger partial charge is 0.380 e. The second-order valence-corrected chi connectivity index (χ2v) is 8.32. The Morgan fingerprint density at radius 2 is 1.85 bits per heavy atom. The smallest absolute Gasteiger partial charge is 0.255 e. The van der Waals surface area contributed by atoms with Crippen molar-refractivity contribution in [2.45, 2.75) is 17.4 Å². The summed E-state index contributed by atoms with van der Waals surface area (Å²) in [5.41, 5.74) is 0.107. The molecule has 142 valence electrons. The molecule has 1 amide bonds. The number of carbonyl (C=O) groups excluding carboxylic acids is 1. The summed E-state index contributed by atoms with van der Waals surface area (Å²) in [5, 5.41) is 5.39. The highest BCUT2D eigenvalue weighted by Gasteiger charge is 2.38. The Morgan fingerprint density at radius 3 is 2.56 bits per heavy atom. The zero-order chi connectivity index (χ0) is 19.3. The van der Waals surface area contributed by atoms with Gasteiger partial charge in [-0.2, -0.15) is 4.31 Å². The zero-order valence-electron chi connectivity index (χ0n) is 13.8. The lowest BCUT2D eigenvalue weighted by atomic mass is 10.1. The highest BCUT2D eigenvalue weighted by atomic mass is 32.2. The Labute approximate surface area is 153 Å². The topological polar surface area (TPSA) is 78.5 Å². The molecule has 27 heavy (non-hydrogen) atoms. The van der Waals surface area contributed by atoms with Crippen molar-refractivity contribution >= 4 is 27.3 Å². The summed E-state index contributed by atoms with van der Waals surface area (Å²) >= 11 is 0. The molecule has 0 spiro atoms. The van der Waals surface area contributed by atoms with Gasteiger partial charge < -0.3 is 10.6 Å². The molecule has 0 aromatic heterocycles. The van der Waals surface area contributed by atoms with E-state index in [2.05, 4.69) is 10.6 Å². The average molecular weight is 397 g/mol. The maximum absolute atomic E-state index is 13.3. The van der Waals surface area contributed by atoms with E-state index in [1.165, 1.54) is 22.5 Å². The third kappa shape index (κ3) is 3.04. The van der Waals surface area contributed by atoms with E-state index < -0.39 is 33.4 Å². The van der Waals surface area contributed by atoms with E-state index in [0.717, 1.165) is 0 Å². The number of carbonyl (C=O) groups is 1.